The summed E-state index contributed by atoms with van der Waals surface area (Å²) < 4.78 is 27.5. The van der Waals surface area contributed by atoms with E-state index in [1.165, 1.54) is 11.3 Å². The van der Waals surface area contributed by atoms with Crippen LogP contribution in [0, 0.1) is 13.8 Å². The van der Waals surface area contributed by atoms with Crippen LogP contribution in [0.3, 0.4) is 0 Å². The Labute approximate surface area is 154 Å². The number of sulfone groups is 1. The molecule has 0 aliphatic heterocycles. The van der Waals surface area contributed by atoms with Crippen molar-refractivity contribution in [3.63, 3.8) is 0 Å². The molecule has 0 bridgehead atoms. The zero-order valence-corrected chi connectivity index (χ0v) is 15.9. The van der Waals surface area contributed by atoms with E-state index in [0.717, 1.165) is 26.8 Å². The van der Waals surface area contributed by atoms with Gasteiger partial charge in [0, 0.05) is 10.3 Å². The van der Waals surface area contributed by atoms with Gasteiger partial charge >= 0.3 is 0 Å². The second-order valence-corrected chi connectivity index (χ2v) is 9.45. The van der Waals surface area contributed by atoms with E-state index >= 15 is 0 Å². The van der Waals surface area contributed by atoms with Gasteiger partial charge < -0.3 is 0 Å². The second-order valence-electron chi connectivity index (χ2n) is 6.21. The Kier molecular flexibility index (Phi) is 4.08. The van der Waals surface area contributed by atoms with Gasteiger partial charge in [0.15, 0.2) is 9.84 Å². The van der Waals surface area contributed by atoms with E-state index in [0.29, 0.717) is 15.6 Å². The van der Waals surface area contributed by atoms with Crippen LogP contribution in [0.5, 0.6) is 0 Å². The molecule has 6 nitrogen and oxygen atoms in total. The molecule has 0 aliphatic rings. The van der Waals surface area contributed by atoms with Crippen molar-refractivity contribution >= 4 is 31.3 Å². The van der Waals surface area contributed by atoms with Gasteiger partial charge in [0.25, 0.3) is 0 Å². The number of hydrogen-bond donors (Lipinski definition) is 1. The number of aromatic amines is 1. The highest BCUT2D eigenvalue weighted by molar-refractivity contribution is 7.93. The van der Waals surface area contributed by atoms with Crippen LogP contribution < -0.4 is 0 Å². The normalized spacial score (nSPS) is 11.9. The summed E-state index contributed by atoms with van der Waals surface area (Å²) in [5.74, 6) is 0.378. The number of tetrazole rings is 1. The Hall–Kier alpha value is -2.58. The Morgan fingerprint density at radius 2 is 1.96 bits per heavy atom. The molecule has 26 heavy (non-hydrogen) atoms. The molecule has 4 aromatic rings. The van der Waals surface area contributed by atoms with Crippen LogP contribution in [0.15, 0.2) is 46.7 Å². The van der Waals surface area contributed by atoms with E-state index < -0.39 is 9.84 Å². The molecule has 2 heterocycles. The molecular formula is C18H16N4O2S2. The predicted octanol–water partition coefficient (Wildman–Crippen LogP) is 3.67. The number of fused-ring (bicyclic) bond motifs is 1. The first kappa shape index (κ1) is 16.9. The highest BCUT2D eigenvalue weighted by Gasteiger charge is 2.22. The van der Waals surface area contributed by atoms with E-state index in [1.54, 1.807) is 18.2 Å². The standard InChI is InChI=1S/C18H16N4O2S2/c1-11-6-7-16-15(8-11)12(2)18(25-16)26(23,24)10-13-4-3-5-14(9-13)17-19-21-22-20-17/h3-9H,10H2,1-2H3,(H,19,20,21,22). The number of aromatic nitrogens is 4. The Morgan fingerprint density at radius 1 is 1.12 bits per heavy atom. The molecule has 0 radical (unpaired) electrons. The first-order valence-electron chi connectivity index (χ1n) is 7.99. The fourth-order valence-electron chi connectivity index (χ4n) is 2.98. The van der Waals surface area contributed by atoms with Crippen LogP contribution in [0.1, 0.15) is 16.7 Å². The maximum atomic E-state index is 13.0. The van der Waals surface area contributed by atoms with Crippen molar-refractivity contribution in [3.05, 3.63) is 59.2 Å². The molecule has 0 atom stereocenters. The van der Waals surface area contributed by atoms with Crippen molar-refractivity contribution in [2.45, 2.75) is 23.8 Å². The number of benzene rings is 2. The quantitative estimate of drug-likeness (QED) is 0.580. The average Bonchev–Trinajstić information content (AvgIpc) is 3.24. The maximum absolute atomic E-state index is 13.0. The summed E-state index contributed by atoms with van der Waals surface area (Å²) in [7, 11) is -3.45. The largest absolute Gasteiger partial charge is 0.223 e. The molecule has 0 unspecified atom stereocenters. The molecule has 0 saturated carbocycles. The zero-order valence-electron chi connectivity index (χ0n) is 14.2. The number of hydrogen-bond acceptors (Lipinski definition) is 6. The molecule has 0 aliphatic carbocycles. The summed E-state index contributed by atoms with van der Waals surface area (Å²) >= 11 is 1.33. The molecule has 2 aromatic carbocycles. The SMILES string of the molecule is Cc1ccc2sc(S(=O)(=O)Cc3cccc(-c4nn[nH]n4)c3)c(C)c2c1. The van der Waals surface area contributed by atoms with Crippen LogP contribution in [0.2, 0.25) is 0 Å². The third-order valence-electron chi connectivity index (χ3n) is 4.22. The smallest absolute Gasteiger partial charge is 0.204 e. The number of thiophene rings is 1. The molecule has 0 saturated heterocycles. The van der Waals surface area contributed by atoms with Crippen LogP contribution in [-0.2, 0) is 15.6 Å². The summed E-state index contributed by atoms with van der Waals surface area (Å²) in [5.41, 5.74) is 3.37. The topological polar surface area (TPSA) is 88.6 Å². The Balaban J connectivity index is 1.72. The molecule has 8 heteroatoms. The van der Waals surface area contributed by atoms with E-state index in [2.05, 4.69) is 20.6 Å². The van der Waals surface area contributed by atoms with Gasteiger partial charge in [-0.1, -0.05) is 35.9 Å². The number of H-pyrrole nitrogens is 1. The predicted molar refractivity (Wildman–Crippen MR) is 102 cm³/mol. The summed E-state index contributed by atoms with van der Waals surface area (Å²) in [6.07, 6.45) is 0. The number of aryl methyl sites for hydroxylation is 2. The molecule has 0 spiro atoms. The molecule has 2 aromatic heterocycles. The molecule has 0 amide bonds. The van der Waals surface area contributed by atoms with E-state index in [4.69, 9.17) is 0 Å². The minimum absolute atomic E-state index is 0.0642. The van der Waals surface area contributed by atoms with Crippen molar-refractivity contribution in [2.24, 2.45) is 0 Å². The lowest BCUT2D eigenvalue weighted by atomic mass is 10.1. The Morgan fingerprint density at radius 3 is 2.73 bits per heavy atom. The van der Waals surface area contributed by atoms with Gasteiger partial charge in [0.1, 0.15) is 4.21 Å². The highest BCUT2D eigenvalue weighted by Crippen LogP contribution is 2.36. The van der Waals surface area contributed by atoms with E-state index in [-0.39, 0.29) is 5.75 Å². The summed E-state index contributed by atoms with van der Waals surface area (Å²) in [6.45, 7) is 3.88. The third-order valence-corrected chi connectivity index (χ3v) is 7.88. The van der Waals surface area contributed by atoms with E-state index in [9.17, 15) is 8.42 Å². The van der Waals surface area contributed by atoms with Crippen molar-refractivity contribution in [1.29, 1.82) is 0 Å². The van der Waals surface area contributed by atoms with Crippen LogP contribution in [0.25, 0.3) is 21.5 Å². The molecular weight excluding hydrogens is 368 g/mol. The fourth-order valence-corrected chi connectivity index (χ4v) is 6.18. The summed E-state index contributed by atoms with van der Waals surface area (Å²) in [5, 5.41) is 14.8. The van der Waals surface area contributed by atoms with E-state index in [1.807, 2.05) is 38.1 Å². The van der Waals surface area contributed by atoms with Crippen molar-refractivity contribution < 1.29 is 8.42 Å². The van der Waals surface area contributed by atoms with Gasteiger partial charge in [-0.2, -0.15) is 5.21 Å². The lowest BCUT2D eigenvalue weighted by Crippen LogP contribution is -2.04. The fraction of sp³-hybridized carbons (Fsp3) is 0.167. The third kappa shape index (κ3) is 3.02. The van der Waals surface area contributed by atoms with Gasteiger partial charge in [-0.25, -0.2) is 8.42 Å². The monoisotopic (exact) mass is 384 g/mol. The molecule has 1 N–H and O–H groups in total. The van der Waals surface area contributed by atoms with Gasteiger partial charge in [0.05, 0.1) is 5.75 Å². The minimum Gasteiger partial charge on any atom is -0.223 e. The summed E-state index contributed by atoms with van der Waals surface area (Å²) in [4.78, 5) is 0. The number of nitrogens with zero attached hydrogens (tertiary/aromatic N) is 3. The van der Waals surface area contributed by atoms with Crippen molar-refractivity contribution in [2.75, 3.05) is 0 Å². The second kappa shape index (κ2) is 6.30. The lowest BCUT2D eigenvalue weighted by Gasteiger charge is -2.05. The molecule has 132 valence electrons. The number of rotatable bonds is 4. The molecule has 4 rings (SSSR count). The maximum Gasteiger partial charge on any atom is 0.204 e. The van der Waals surface area contributed by atoms with Crippen molar-refractivity contribution in [3.8, 4) is 11.4 Å². The number of nitrogens with one attached hydrogen (secondary N) is 1. The van der Waals surface area contributed by atoms with Gasteiger partial charge in [-0.3, -0.25) is 0 Å². The van der Waals surface area contributed by atoms with Crippen LogP contribution >= 0.6 is 11.3 Å². The van der Waals surface area contributed by atoms with Crippen molar-refractivity contribution in [1.82, 2.24) is 20.6 Å². The van der Waals surface area contributed by atoms with Crippen LogP contribution in [-0.4, -0.2) is 29.0 Å². The summed E-state index contributed by atoms with van der Waals surface area (Å²) in [6, 6.07) is 13.2. The zero-order chi connectivity index (χ0) is 18.3. The Bertz CT molecular complexity index is 1200. The average molecular weight is 384 g/mol. The van der Waals surface area contributed by atoms with Crippen LogP contribution in [0.4, 0.5) is 0 Å². The first-order valence-corrected chi connectivity index (χ1v) is 10.5. The lowest BCUT2D eigenvalue weighted by molar-refractivity contribution is 0.597. The van der Waals surface area contributed by atoms with Gasteiger partial charge in [-0.05, 0) is 47.7 Å². The van der Waals surface area contributed by atoms with Gasteiger partial charge in [-0.15, -0.1) is 21.5 Å². The highest BCUT2D eigenvalue weighted by atomic mass is 32.2. The molecule has 0 fully saturated rings. The minimum atomic E-state index is -3.45. The van der Waals surface area contributed by atoms with Gasteiger partial charge in [0.2, 0.25) is 5.82 Å². The first-order chi connectivity index (χ1) is 12.4.